The Labute approximate surface area is 164 Å². The van der Waals surface area contributed by atoms with E-state index in [1.165, 1.54) is 10.2 Å². The lowest BCUT2D eigenvalue weighted by molar-refractivity contribution is 0.0359. The van der Waals surface area contributed by atoms with Gasteiger partial charge >= 0.3 is 6.03 Å². The van der Waals surface area contributed by atoms with Crippen LogP contribution in [0.15, 0.2) is 35.3 Å². The topological polar surface area (TPSA) is 88.5 Å². The summed E-state index contributed by atoms with van der Waals surface area (Å²) >= 11 is 0. The Kier molecular flexibility index (Phi) is 6.30. The van der Waals surface area contributed by atoms with Gasteiger partial charge in [-0.05, 0) is 43.5 Å². The van der Waals surface area contributed by atoms with Crippen LogP contribution >= 0.6 is 0 Å². The lowest BCUT2D eigenvalue weighted by Crippen LogP contribution is -2.44. The van der Waals surface area contributed by atoms with Crippen LogP contribution < -0.4 is 21.1 Å². The number of carbonyl (C=O) groups excluding carboxylic acids is 1. The average molecular weight is 385 g/mol. The molecule has 1 fully saturated rings. The molecule has 3 rings (SSSR count). The number of hydrogen-bond donors (Lipinski definition) is 2. The highest BCUT2D eigenvalue weighted by molar-refractivity contribution is 5.89. The minimum absolute atomic E-state index is 0.0141. The van der Waals surface area contributed by atoms with Gasteiger partial charge in [-0.25, -0.2) is 9.48 Å². The number of ether oxygens (including phenoxy) is 1. The predicted octanol–water partition coefficient (Wildman–Crippen LogP) is 1.81. The molecule has 0 unspecified atom stereocenters. The van der Waals surface area contributed by atoms with Crippen molar-refractivity contribution in [3.8, 4) is 0 Å². The third-order valence-corrected chi connectivity index (χ3v) is 4.97. The molecule has 2 amide bonds. The van der Waals surface area contributed by atoms with Crippen molar-refractivity contribution in [3.05, 3.63) is 51.9 Å². The third-order valence-electron chi connectivity index (χ3n) is 4.97. The average Bonchev–Trinajstić information content (AvgIpc) is 2.67. The molecule has 8 heteroatoms. The third kappa shape index (κ3) is 5.10. The number of amides is 2. The van der Waals surface area contributed by atoms with E-state index in [4.69, 9.17) is 4.74 Å². The molecule has 0 radical (unpaired) electrons. The van der Waals surface area contributed by atoms with Gasteiger partial charge < -0.3 is 20.3 Å². The minimum atomic E-state index is -0.230. The fourth-order valence-corrected chi connectivity index (χ4v) is 3.10. The largest absolute Gasteiger partial charge is 0.374 e. The van der Waals surface area contributed by atoms with E-state index >= 15 is 0 Å². The van der Waals surface area contributed by atoms with Crippen molar-refractivity contribution in [3.63, 3.8) is 0 Å². The Morgan fingerprint density at radius 2 is 2.11 bits per heavy atom. The summed E-state index contributed by atoms with van der Waals surface area (Å²) in [6.45, 7) is 6.51. The van der Waals surface area contributed by atoms with Crippen LogP contribution in [-0.4, -0.2) is 48.2 Å². The van der Waals surface area contributed by atoms with Gasteiger partial charge in [0.15, 0.2) is 0 Å². The number of hydrogen-bond acceptors (Lipinski definition) is 5. The van der Waals surface area contributed by atoms with Crippen molar-refractivity contribution in [1.29, 1.82) is 0 Å². The molecule has 0 bridgehead atoms. The van der Waals surface area contributed by atoms with Crippen LogP contribution in [0.4, 0.5) is 16.2 Å². The summed E-state index contributed by atoms with van der Waals surface area (Å²) < 4.78 is 7.10. The molecule has 1 atom stereocenters. The molecule has 2 heterocycles. The molecule has 150 valence electrons. The van der Waals surface area contributed by atoms with Crippen LogP contribution in [0.25, 0.3) is 0 Å². The summed E-state index contributed by atoms with van der Waals surface area (Å²) in [5.74, 6) is 0. The molecule has 1 aliphatic heterocycles. The van der Waals surface area contributed by atoms with Crippen LogP contribution in [0.1, 0.15) is 17.5 Å². The van der Waals surface area contributed by atoms with Gasteiger partial charge in [0.2, 0.25) is 0 Å². The van der Waals surface area contributed by atoms with Crippen molar-refractivity contribution in [2.45, 2.75) is 26.4 Å². The van der Waals surface area contributed by atoms with E-state index in [9.17, 15) is 9.59 Å². The molecule has 0 saturated carbocycles. The number of morpholine rings is 1. The second-order valence-corrected chi connectivity index (χ2v) is 7.08. The van der Waals surface area contributed by atoms with Gasteiger partial charge in [0.05, 0.1) is 24.6 Å². The summed E-state index contributed by atoms with van der Waals surface area (Å²) in [4.78, 5) is 26.0. The molecule has 1 aromatic carbocycles. The van der Waals surface area contributed by atoms with Crippen molar-refractivity contribution >= 4 is 17.4 Å². The van der Waals surface area contributed by atoms with Crippen LogP contribution in [0.5, 0.6) is 0 Å². The van der Waals surface area contributed by atoms with E-state index < -0.39 is 0 Å². The van der Waals surface area contributed by atoms with E-state index in [1.54, 1.807) is 19.3 Å². The van der Waals surface area contributed by atoms with Crippen LogP contribution in [0.3, 0.4) is 0 Å². The second kappa shape index (κ2) is 8.88. The van der Waals surface area contributed by atoms with E-state index in [0.717, 1.165) is 16.9 Å². The molecule has 2 aromatic rings. The molecule has 1 saturated heterocycles. The van der Waals surface area contributed by atoms with Gasteiger partial charge in [-0.1, -0.05) is 6.07 Å². The monoisotopic (exact) mass is 385 g/mol. The quantitative estimate of drug-likeness (QED) is 0.820. The van der Waals surface area contributed by atoms with Gasteiger partial charge in [-0.15, -0.1) is 0 Å². The number of nitrogens with zero attached hydrogens (tertiary/aromatic N) is 3. The maximum atomic E-state index is 12.1. The summed E-state index contributed by atoms with van der Waals surface area (Å²) in [6, 6.07) is 7.19. The first-order valence-corrected chi connectivity index (χ1v) is 9.44. The van der Waals surface area contributed by atoms with Gasteiger partial charge in [-0.3, -0.25) is 4.79 Å². The SMILES string of the molecule is Cc1ccc(NC(=O)NCC[C@H]2CN(c3cnn(C)c(=O)c3)CCO2)cc1C. The molecule has 28 heavy (non-hydrogen) atoms. The van der Waals surface area contributed by atoms with E-state index in [0.29, 0.717) is 32.7 Å². The van der Waals surface area contributed by atoms with Gasteiger partial charge in [-0.2, -0.15) is 5.10 Å². The molecule has 0 spiro atoms. The Morgan fingerprint density at radius 1 is 1.29 bits per heavy atom. The van der Waals surface area contributed by atoms with Crippen molar-refractivity contribution in [1.82, 2.24) is 15.1 Å². The lowest BCUT2D eigenvalue weighted by atomic mass is 10.1. The number of aryl methyl sites for hydroxylation is 3. The summed E-state index contributed by atoms with van der Waals surface area (Å²) in [6.07, 6.45) is 2.37. The zero-order valence-corrected chi connectivity index (χ0v) is 16.6. The fourth-order valence-electron chi connectivity index (χ4n) is 3.10. The Morgan fingerprint density at radius 3 is 2.86 bits per heavy atom. The van der Waals surface area contributed by atoms with Crippen LogP contribution in [0, 0.1) is 13.8 Å². The highest BCUT2D eigenvalue weighted by atomic mass is 16.5. The zero-order valence-electron chi connectivity index (χ0n) is 16.6. The summed E-state index contributed by atoms with van der Waals surface area (Å²) in [5, 5.41) is 9.79. The molecule has 1 aromatic heterocycles. The molecule has 0 aliphatic carbocycles. The lowest BCUT2D eigenvalue weighted by Gasteiger charge is -2.34. The maximum Gasteiger partial charge on any atom is 0.319 e. The van der Waals surface area contributed by atoms with E-state index in [1.807, 2.05) is 32.0 Å². The molecule has 2 N–H and O–H groups in total. The van der Waals surface area contributed by atoms with Crippen LogP contribution in [0.2, 0.25) is 0 Å². The molecule has 1 aliphatic rings. The van der Waals surface area contributed by atoms with Crippen LogP contribution in [-0.2, 0) is 11.8 Å². The molecular weight excluding hydrogens is 358 g/mol. The second-order valence-electron chi connectivity index (χ2n) is 7.08. The number of nitrogens with one attached hydrogen (secondary N) is 2. The number of aromatic nitrogens is 2. The van der Waals surface area contributed by atoms with E-state index in [2.05, 4.69) is 20.6 Å². The van der Waals surface area contributed by atoms with Crippen molar-refractivity contribution in [2.75, 3.05) is 36.5 Å². The first kappa shape index (κ1) is 19.9. The minimum Gasteiger partial charge on any atom is -0.374 e. The number of anilines is 2. The first-order valence-electron chi connectivity index (χ1n) is 9.44. The Bertz CT molecular complexity index is 896. The Hall–Kier alpha value is -2.87. The van der Waals surface area contributed by atoms with E-state index in [-0.39, 0.29) is 17.7 Å². The highest BCUT2D eigenvalue weighted by Gasteiger charge is 2.21. The normalized spacial score (nSPS) is 16.7. The zero-order chi connectivity index (χ0) is 20.1. The smallest absolute Gasteiger partial charge is 0.319 e. The standard InChI is InChI=1S/C20H27N5O3/c1-14-4-5-16(10-15(14)2)23-20(27)21-7-6-18-13-25(8-9-28-18)17-11-19(26)24(3)22-12-17/h4-5,10-12,18H,6-9,13H2,1-3H3,(H2,21,23,27)/t18-/m0/s1. The number of benzene rings is 1. The molecular formula is C20H27N5O3. The summed E-state index contributed by atoms with van der Waals surface area (Å²) in [7, 11) is 1.63. The van der Waals surface area contributed by atoms with Gasteiger partial charge in [0.25, 0.3) is 5.56 Å². The predicted molar refractivity (Wildman–Crippen MR) is 109 cm³/mol. The summed E-state index contributed by atoms with van der Waals surface area (Å²) in [5.41, 5.74) is 3.77. The van der Waals surface area contributed by atoms with Gasteiger partial charge in [0.1, 0.15) is 0 Å². The maximum absolute atomic E-state index is 12.1. The Balaban J connectivity index is 1.46. The van der Waals surface area contributed by atoms with Crippen molar-refractivity contribution in [2.24, 2.45) is 7.05 Å². The number of carbonyl (C=O) groups is 1. The first-order chi connectivity index (χ1) is 13.4. The highest BCUT2D eigenvalue weighted by Crippen LogP contribution is 2.16. The fraction of sp³-hybridized carbons (Fsp3) is 0.450. The number of urea groups is 1. The van der Waals surface area contributed by atoms with Gasteiger partial charge in [0, 0.05) is 38.4 Å². The number of rotatable bonds is 5. The van der Waals surface area contributed by atoms with Crippen molar-refractivity contribution < 1.29 is 9.53 Å². The molecule has 8 nitrogen and oxygen atoms in total.